The van der Waals surface area contributed by atoms with Gasteiger partial charge in [-0.15, -0.1) is 0 Å². The third-order valence-electron chi connectivity index (χ3n) is 6.43. The second-order valence-electron chi connectivity index (χ2n) is 9.68. The van der Waals surface area contributed by atoms with Crippen LogP contribution in [-0.2, 0) is 16.1 Å². The summed E-state index contributed by atoms with van der Waals surface area (Å²) in [6, 6.07) is 10.2. The van der Waals surface area contributed by atoms with Gasteiger partial charge in [-0.25, -0.2) is 4.79 Å². The average molecular weight is 405 g/mol. The summed E-state index contributed by atoms with van der Waals surface area (Å²) in [5.41, 5.74) is 6.11. The molecule has 2 aliphatic rings. The van der Waals surface area contributed by atoms with Crippen molar-refractivity contribution in [3.63, 3.8) is 0 Å². The Bertz CT molecular complexity index is 675. The Hall–Kier alpha value is -1.63. The number of likely N-dealkylation sites (tertiary alicyclic amines) is 1. The highest BCUT2D eigenvalue weighted by Gasteiger charge is 2.53. The van der Waals surface area contributed by atoms with Crippen LogP contribution in [0.15, 0.2) is 30.3 Å². The van der Waals surface area contributed by atoms with Crippen LogP contribution in [0.1, 0.15) is 45.6 Å². The van der Waals surface area contributed by atoms with E-state index >= 15 is 0 Å². The fourth-order valence-electron chi connectivity index (χ4n) is 4.96. The summed E-state index contributed by atoms with van der Waals surface area (Å²) in [6.45, 7) is 7.53. The topological polar surface area (TPSA) is 85.0 Å². The van der Waals surface area contributed by atoms with Gasteiger partial charge in [-0.2, -0.15) is 0 Å². The highest BCUT2D eigenvalue weighted by Crippen LogP contribution is 2.48. The maximum absolute atomic E-state index is 12.9. The van der Waals surface area contributed by atoms with Gasteiger partial charge in [0.1, 0.15) is 5.60 Å². The van der Waals surface area contributed by atoms with Gasteiger partial charge < -0.3 is 25.2 Å². The number of ether oxygens (including phenoxy) is 2. The van der Waals surface area contributed by atoms with Crippen molar-refractivity contribution in [1.29, 1.82) is 0 Å². The lowest BCUT2D eigenvalue weighted by molar-refractivity contribution is -0.127. The van der Waals surface area contributed by atoms with Gasteiger partial charge in [0.2, 0.25) is 0 Å². The first-order valence-corrected chi connectivity index (χ1v) is 10.7. The molecule has 29 heavy (non-hydrogen) atoms. The van der Waals surface area contributed by atoms with Crippen molar-refractivity contribution < 1.29 is 19.4 Å². The molecule has 6 heteroatoms. The standard InChI is InChI=1S/C23H36N2O4/c1-22(2,3)29-21(27)25-14-23(15-26,16-28-13-17-7-5-4-6-8-17)20-11-19(25)10-9-18(20)12-24/h4-8,18-20,26H,9-16,24H2,1-3H3/t18?,19-,20+,23+/m1/s1. The Labute approximate surface area is 174 Å². The first-order valence-electron chi connectivity index (χ1n) is 10.7. The summed E-state index contributed by atoms with van der Waals surface area (Å²) < 4.78 is 11.8. The number of rotatable bonds is 6. The zero-order valence-corrected chi connectivity index (χ0v) is 18.0. The van der Waals surface area contributed by atoms with Crippen LogP contribution in [0.2, 0.25) is 0 Å². The predicted molar refractivity (Wildman–Crippen MR) is 112 cm³/mol. The lowest BCUT2D eigenvalue weighted by atomic mass is 9.60. The van der Waals surface area contributed by atoms with Gasteiger partial charge in [0.15, 0.2) is 0 Å². The van der Waals surface area contributed by atoms with Gasteiger partial charge in [-0.1, -0.05) is 30.3 Å². The lowest BCUT2D eigenvalue weighted by Gasteiger charge is -2.56. The molecule has 1 saturated carbocycles. The van der Waals surface area contributed by atoms with Gasteiger partial charge >= 0.3 is 6.09 Å². The molecule has 1 saturated heterocycles. The number of fused-ring (bicyclic) bond motifs is 2. The molecule has 4 atom stereocenters. The van der Waals surface area contributed by atoms with Crippen LogP contribution in [0, 0.1) is 17.3 Å². The van der Waals surface area contributed by atoms with E-state index in [1.165, 1.54) is 0 Å². The van der Waals surface area contributed by atoms with E-state index in [4.69, 9.17) is 15.2 Å². The van der Waals surface area contributed by atoms with Crippen molar-refractivity contribution in [3.8, 4) is 0 Å². The molecule has 1 amide bonds. The number of amides is 1. The quantitative estimate of drug-likeness (QED) is 0.761. The van der Waals surface area contributed by atoms with Crippen LogP contribution in [0.5, 0.6) is 0 Å². The first kappa shape index (κ1) is 22.1. The van der Waals surface area contributed by atoms with E-state index in [2.05, 4.69) is 0 Å². The van der Waals surface area contributed by atoms with Crippen molar-refractivity contribution in [2.75, 3.05) is 26.3 Å². The normalized spacial score (nSPS) is 29.6. The van der Waals surface area contributed by atoms with Crippen molar-refractivity contribution in [3.05, 3.63) is 35.9 Å². The van der Waals surface area contributed by atoms with Gasteiger partial charge in [0.25, 0.3) is 0 Å². The number of hydrogen-bond acceptors (Lipinski definition) is 5. The van der Waals surface area contributed by atoms with Gasteiger partial charge in [-0.3, -0.25) is 0 Å². The Morgan fingerprint density at radius 1 is 1.28 bits per heavy atom. The molecule has 1 aliphatic heterocycles. The molecule has 2 fully saturated rings. The number of carbonyl (C=O) groups is 1. The van der Waals surface area contributed by atoms with Crippen molar-refractivity contribution >= 4 is 6.09 Å². The van der Waals surface area contributed by atoms with Gasteiger partial charge in [0, 0.05) is 18.0 Å². The largest absolute Gasteiger partial charge is 0.444 e. The summed E-state index contributed by atoms with van der Waals surface area (Å²) in [5, 5.41) is 10.5. The second-order valence-corrected chi connectivity index (χ2v) is 9.68. The van der Waals surface area contributed by atoms with Crippen LogP contribution >= 0.6 is 0 Å². The molecule has 6 nitrogen and oxygen atoms in total. The lowest BCUT2D eigenvalue weighted by Crippen LogP contribution is -2.63. The Morgan fingerprint density at radius 3 is 2.62 bits per heavy atom. The van der Waals surface area contributed by atoms with E-state index in [-0.39, 0.29) is 24.7 Å². The van der Waals surface area contributed by atoms with Gasteiger partial charge in [-0.05, 0) is 64.0 Å². The van der Waals surface area contributed by atoms with Crippen LogP contribution < -0.4 is 5.73 Å². The number of aliphatic hydroxyl groups is 1. The van der Waals surface area contributed by atoms with E-state index in [1.807, 2.05) is 56.0 Å². The molecule has 1 aliphatic carbocycles. The maximum Gasteiger partial charge on any atom is 0.410 e. The highest BCUT2D eigenvalue weighted by molar-refractivity contribution is 5.69. The molecule has 2 bridgehead atoms. The molecule has 1 aromatic rings. The number of aliphatic hydroxyl groups excluding tert-OH is 1. The third-order valence-corrected chi connectivity index (χ3v) is 6.43. The Balaban J connectivity index is 1.78. The zero-order chi connectivity index (χ0) is 21.1. The maximum atomic E-state index is 12.9. The number of nitrogens with zero attached hydrogens (tertiary/aromatic N) is 1. The third kappa shape index (κ3) is 5.11. The Morgan fingerprint density at radius 2 is 2.00 bits per heavy atom. The van der Waals surface area contributed by atoms with E-state index in [9.17, 15) is 9.90 Å². The minimum absolute atomic E-state index is 0.0328. The number of nitrogens with two attached hydrogens (primary N) is 1. The first-order chi connectivity index (χ1) is 13.8. The number of piperidine rings is 1. The molecule has 162 valence electrons. The fraction of sp³-hybridized carbons (Fsp3) is 0.696. The van der Waals surface area contributed by atoms with E-state index in [0.717, 1.165) is 24.8 Å². The fourth-order valence-corrected chi connectivity index (χ4v) is 4.96. The molecule has 0 spiro atoms. The minimum Gasteiger partial charge on any atom is -0.444 e. The summed E-state index contributed by atoms with van der Waals surface area (Å²) in [6.07, 6.45) is 2.44. The molecule has 0 radical (unpaired) electrons. The number of carbonyl (C=O) groups excluding carboxylic acids is 1. The molecule has 3 N–H and O–H groups in total. The number of benzene rings is 1. The molecular formula is C23H36N2O4. The van der Waals surface area contributed by atoms with Crippen LogP contribution in [0.25, 0.3) is 0 Å². The van der Waals surface area contributed by atoms with Gasteiger partial charge in [0.05, 0.1) is 19.8 Å². The highest BCUT2D eigenvalue weighted by atomic mass is 16.6. The molecule has 1 aromatic carbocycles. The van der Waals surface area contributed by atoms with Crippen LogP contribution in [0.3, 0.4) is 0 Å². The van der Waals surface area contributed by atoms with Crippen molar-refractivity contribution in [2.24, 2.45) is 23.0 Å². The van der Waals surface area contributed by atoms with Crippen molar-refractivity contribution in [2.45, 2.75) is 58.3 Å². The van der Waals surface area contributed by atoms with Crippen LogP contribution in [-0.4, -0.2) is 54.0 Å². The van der Waals surface area contributed by atoms with E-state index < -0.39 is 11.0 Å². The summed E-state index contributed by atoms with van der Waals surface area (Å²) in [7, 11) is 0. The second kappa shape index (κ2) is 9.02. The predicted octanol–water partition coefficient (Wildman–Crippen LogP) is 3.18. The molecule has 1 heterocycles. The van der Waals surface area contributed by atoms with E-state index in [1.54, 1.807) is 0 Å². The average Bonchev–Trinajstić information content (AvgIpc) is 2.69. The molecule has 3 rings (SSSR count). The molecule has 0 aromatic heterocycles. The molecular weight excluding hydrogens is 368 g/mol. The zero-order valence-electron chi connectivity index (χ0n) is 18.0. The SMILES string of the molecule is CC(C)(C)OC(=O)N1C[C@](CO)(COCc2ccccc2)[C@H]2C[C@H]1CCC2CN. The minimum atomic E-state index is -0.548. The summed E-state index contributed by atoms with van der Waals surface area (Å²) in [4.78, 5) is 14.8. The van der Waals surface area contributed by atoms with E-state index in [0.29, 0.717) is 32.2 Å². The smallest absolute Gasteiger partial charge is 0.410 e. The number of hydrogen-bond donors (Lipinski definition) is 2. The Kier molecular flexibility index (Phi) is 6.87. The molecule has 1 unspecified atom stereocenters. The summed E-state index contributed by atoms with van der Waals surface area (Å²) in [5.74, 6) is 0.588. The monoisotopic (exact) mass is 404 g/mol. The summed E-state index contributed by atoms with van der Waals surface area (Å²) >= 11 is 0. The van der Waals surface area contributed by atoms with Crippen LogP contribution in [0.4, 0.5) is 4.79 Å². The van der Waals surface area contributed by atoms with Crippen molar-refractivity contribution in [1.82, 2.24) is 4.90 Å².